The molecule has 0 spiro atoms. The molecule has 0 saturated carbocycles. The number of nitrogens with zero attached hydrogens (tertiary/aromatic N) is 2. The molecule has 1 atom stereocenters. The second-order valence-corrected chi connectivity index (χ2v) is 9.41. The van der Waals surface area contributed by atoms with Crippen LogP contribution < -0.4 is 10.1 Å². The van der Waals surface area contributed by atoms with Crippen LogP contribution in [0.5, 0.6) is 5.75 Å². The molecule has 0 bridgehead atoms. The lowest BCUT2D eigenvalue weighted by Crippen LogP contribution is -2.33. The maximum absolute atomic E-state index is 12.8. The van der Waals surface area contributed by atoms with Crippen molar-refractivity contribution in [2.24, 2.45) is 0 Å². The summed E-state index contributed by atoms with van der Waals surface area (Å²) in [6, 6.07) is 9.44. The third kappa shape index (κ3) is 5.55. The van der Waals surface area contributed by atoms with Crippen LogP contribution in [0.15, 0.2) is 46.5 Å². The Morgan fingerprint density at radius 1 is 1.19 bits per heavy atom. The molecule has 1 saturated heterocycles. The van der Waals surface area contributed by atoms with Gasteiger partial charge in [-0.1, -0.05) is 25.1 Å². The number of likely N-dealkylation sites (tertiary alicyclic amines) is 1. The van der Waals surface area contributed by atoms with Crippen LogP contribution in [0.25, 0.3) is 10.6 Å². The van der Waals surface area contributed by atoms with Gasteiger partial charge in [-0.3, -0.25) is 9.59 Å². The maximum Gasteiger partial charge on any atom is 0.260 e. The Balaban J connectivity index is 1.38. The number of aromatic nitrogens is 1. The second kappa shape index (κ2) is 10.7. The van der Waals surface area contributed by atoms with Gasteiger partial charge in [0.15, 0.2) is 6.61 Å². The van der Waals surface area contributed by atoms with E-state index in [9.17, 15) is 9.59 Å². The summed E-state index contributed by atoms with van der Waals surface area (Å²) < 4.78 is 5.89. The van der Waals surface area contributed by atoms with Crippen molar-refractivity contribution in [3.8, 4) is 16.3 Å². The molecular formula is C24H27N3O3S2. The number of thiazole rings is 1. The van der Waals surface area contributed by atoms with E-state index in [0.29, 0.717) is 12.2 Å². The number of hydrogen-bond donors (Lipinski definition) is 1. The number of benzene rings is 1. The zero-order chi connectivity index (χ0) is 22.3. The third-order valence-electron chi connectivity index (χ3n) is 5.51. The average molecular weight is 470 g/mol. The molecule has 4 rings (SSSR count). The fourth-order valence-corrected chi connectivity index (χ4v) is 5.35. The van der Waals surface area contributed by atoms with E-state index in [0.717, 1.165) is 47.8 Å². The van der Waals surface area contributed by atoms with Gasteiger partial charge < -0.3 is 15.0 Å². The Kier molecular flexibility index (Phi) is 7.55. The quantitative estimate of drug-likeness (QED) is 0.494. The summed E-state index contributed by atoms with van der Waals surface area (Å²) >= 11 is 3.18. The van der Waals surface area contributed by atoms with E-state index >= 15 is 0 Å². The minimum atomic E-state index is -0.199. The molecule has 6 nitrogen and oxygen atoms in total. The summed E-state index contributed by atoms with van der Waals surface area (Å²) in [4.78, 5) is 31.6. The summed E-state index contributed by atoms with van der Waals surface area (Å²) in [6.45, 7) is 3.66. The Labute approximate surface area is 196 Å². The number of carbonyl (C=O) groups is 2. The Morgan fingerprint density at radius 2 is 2.00 bits per heavy atom. The molecule has 1 aliphatic rings. The standard InChI is InChI=1S/C24H27N3O3S2/c1-2-20(26-22(28)13-18-16-32-24(25-18)17-9-12-31-15-17)19-7-3-4-8-21(19)30-14-23(29)27-10-5-6-11-27/h3-4,7-9,12,15-16,20H,2,5-6,10-11,13-14H2,1H3,(H,26,28). The van der Waals surface area contributed by atoms with Crippen LogP contribution in [-0.4, -0.2) is 41.4 Å². The smallest absolute Gasteiger partial charge is 0.260 e. The minimum Gasteiger partial charge on any atom is -0.483 e. The lowest BCUT2D eigenvalue weighted by molar-refractivity contribution is -0.132. The number of ether oxygens (including phenoxy) is 1. The normalized spacial score (nSPS) is 14.3. The van der Waals surface area contributed by atoms with Gasteiger partial charge in [-0.05, 0) is 36.8 Å². The van der Waals surface area contributed by atoms with Crippen molar-refractivity contribution in [1.82, 2.24) is 15.2 Å². The van der Waals surface area contributed by atoms with Gasteiger partial charge in [0.25, 0.3) is 5.91 Å². The van der Waals surface area contributed by atoms with Crippen LogP contribution in [0.1, 0.15) is 43.5 Å². The molecule has 32 heavy (non-hydrogen) atoms. The number of rotatable bonds is 9. The summed E-state index contributed by atoms with van der Waals surface area (Å²) in [5.74, 6) is 0.571. The Hall–Kier alpha value is -2.71. The lowest BCUT2D eigenvalue weighted by atomic mass is 10.0. The largest absolute Gasteiger partial charge is 0.483 e. The molecule has 2 aromatic heterocycles. The number of nitrogens with one attached hydrogen (secondary N) is 1. The van der Waals surface area contributed by atoms with Crippen molar-refractivity contribution in [3.05, 3.63) is 57.7 Å². The van der Waals surface area contributed by atoms with E-state index in [-0.39, 0.29) is 30.9 Å². The van der Waals surface area contributed by atoms with Crippen LogP contribution in [0.2, 0.25) is 0 Å². The molecule has 168 valence electrons. The molecule has 3 heterocycles. The predicted molar refractivity (Wildman–Crippen MR) is 128 cm³/mol. The molecule has 0 radical (unpaired) electrons. The molecule has 1 fully saturated rings. The molecule has 1 aliphatic heterocycles. The zero-order valence-corrected chi connectivity index (χ0v) is 19.7. The highest BCUT2D eigenvalue weighted by atomic mass is 32.1. The maximum atomic E-state index is 12.8. The molecule has 1 aromatic carbocycles. The SMILES string of the molecule is CCC(NC(=O)Cc1csc(-c2ccsc2)n1)c1ccccc1OCC(=O)N1CCCC1. The molecule has 0 aliphatic carbocycles. The van der Waals surface area contributed by atoms with Crippen LogP contribution in [0.4, 0.5) is 0 Å². The lowest BCUT2D eigenvalue weighted by Gasteiger charge is -2.21. The number of para-hydroxylation sites is 1. The third-order valence-corrected chi connectivity index (χ3v) is 7.13. The first-order valence-corrected chi connectivity index (χ1v) is 12.7. The Bertz CT molecular complexity index is 1040. The molecular weight excluding hydrogens is 442 g/mol. The topological polar surface area (TPSA) is 71.5 Å². The summed E-state index contributed by atoms with van der Waals surface area (Å²) in [5.41, 5.74) is 2.74. The summed E-state index contributed by atoms with van der Waals surface area (Å²) in [6.07, 6.45) is 3.05. The van der Waals surface area contributed by atoms with Crippen molar-refractivity contribution in [1.29, 1.82) is 0 Å². The molecule has 2 amide bonds. The van der Waals surface area contributed by atoms with E-state index in [4.69, 9.17) is 4.74 Å². The van der Waals surface area contributed by atoms with Gasteiger partial charge in [0.1, 0.15) is 10.8 Å². The average Bonchev–Trinajstić information content (AvgIpc) is 3.58. The van der Waals surface area contributed by atoms with Gasteiger partial charge >= 0.3 is 0 Å². The number of thiophene rings is 1. The second-order valence-electron chi connectivity index (χ2n) is 7.78. The molecule has 8 heteroatoms. The fourth-order valence-electron chi connectivity index (χ4n) is 3.81. The fraction of sp³-hybridized carbons (Fsp3) is 0.375. The van der Waals surface area contributed by atoms with Crippen molar-refractivity contribution >= 4 is 34.5 Å². The summed E-state index contributed by atoms with van der Waals surface area (Å²) in [5, 5.41) is 10.1. The highest BCUT2D eigenvalue weighted by Gasteiger charge is 2.21. The predicted octanol–water partition coefficient (Wildman–Crippen LogP) is 4.68. The van der Waals surface area contributed by atoms with E-state index in [2.05, 4.69) is 15.7 Å². The number of hydrogen-bond acceptors (Lipinski definition) is 6. The molecule has 1 N–H and O–H groups in total. The zero-order valence-electron chi connectivity index (χ0n) is 18.1. The van der Waals surface area contributed by atoms with E-state index in [1.54, 1.807) is 22.7 Å². The highest BCUT2D eigenvalue weighted by Crippen LogP contribution is 2.28. The van der Waals surface area contributed by atoms with Gasteiger partial charge in [-0.25, -0.2) is 4.98 Å². The van der Waals surface area contributed by atoms with Crippen LogP contribution in [-0.2, 0) is 16.0 Å². The van der Waals surface area contributed by atoms with Crippen LogP contribution in [0, 0.1) is 0 Å². The van der Waals surface area contributed by atoms with Gasteiger partial charge in [0.05, 0.1) is 18.2 Å². The number of amides is 2. The van der Waals surface area contributed by atoms with Gasteiger partial charge in [-0.2, -0.15) is 11.3 Å². The monoisotopic (exact) mass is 469 g/mol. The van der Waals surface area contributed by atoms with Gasteiger partial charge in [-0.15, -0.1) is 11.3 Å². The van der Waals surface area contributed by atoms with E-state index in [1.165, 1.54) is 0 Å². The van der Waals surface area contributed by atoms with Crippen LogP contribution in [0.3, 0.4) is 0 Å². The van der Waals surface area contributed by atoms with E-state index < -0.39 is 0 Å². The first-order chi connectivity index (χ1) is 15.6. The van der Waals surface area contributed by atoms with Crippen molar-refractivity contribution in [2.75, 3.05) is 19.7 Å². The van der Waals surface area contributed by atoms with Crippen LogP contribution >= 0.6 is 22.7 Å². The van der Waals surface area contributed by atoms with Gasteiger partial charge in [0, 0.05) is 35.0 Å². The molecule has 1 unspecified atom stereocenters. The first kappa shape index (κ1) is 22.5. The van der Waals surface area contributed by atoms with E-state index in [1.807, 2.05) is 52.9 Å². The Morgan fingerprint density at radius 3 is 2.75 bits per heavy atom. The molecule has 3 aromatic rings. The highest BCUT2D eigenvalue weighted by molar-refractivity contribution is 7.14. The van der Waals surface area contributed by atoms with Crippen molar-refractivity contribution < 1.29 is 14.3 Å². The summed E-state index contributed by atoms with van der Waals surface area (Å²) in [7, 11) is 0. The van der Waals surface area contributed by atoms with Crippen molar-refractivity contribution in [2.45, 2.75) is 38.6 Å². The van der Waals surface area contributed by atoms with Gasteiger partial charge in [0.2, 0.25) is 5.91 Å². The van der Waals surface area contributed by atoms with Crippen molar-refractivity contribution in [3.63, 3.8) is 0 Å². The first-order valence-electron chi connectivity index (χ1n) is 10.9. The number of carbonyl (C=O) groups excluding carboxylic acids is 2. The minimum absolute atomic E-state index is 0.0133.